The van der Waals surface area contributed by atoms with Crippen molar-refractivity contribution in [1.82, 2.24) is 10.3 Å². The van der Waals surface area contributed by atoms with Gasteiger partial charge in [-0.2, -0.15) is 10.4 Å². The zero-order chi connectivity index (χ0) is 14.1. The summed E-state index contributed by atoms with van der Waals surface area (Å²) in [6.07, 6.45) is 2.91. The summed E-state index contributed by atoms with van der Waals surface area (Å²) in [5.41, 5.74) is 2.35. The Morgan fingerprint density at radius 1 is 1.53 bits per heavy atom. The quantitative estimate of drug-likeness (QED) is 0.568. The summed E-state index contributed by atoms with van der Waals surface area (Å²) in [4.78, 5) is 13.7. The van der Waals surface area contributed by atoms with Crippen LogP contribution >= 0.6 is 0 Å². The molecule has 1 rings (SSSR count). The van der Waals surface area contributed by atoms with E-state index in [1.807, 2.05) is 18.7 Å². The lowest BCUT2D eigenvalue weighted by atomic mass is 9.90. The predicted molar refractivity (Wildman–Crippen MR) is 72.5 cm³/mol. The molecular weight excluding hydrogens is 244 g/mol. The molecule has 1 N–H and O–H groups in total. The van der Waals surface area contributed by atoms with Crippen LogP contribution in [-0.4, -0.2) is 49.9 Å². The second-order valence-electron chi connectivity index (χ2n) is 5.33. The van der Waals surface area contributed by atoms with E-state index in [9.17, 15) is 4.79 Å². The first-order valence-electron chi connectivity index (χ1n) is 6.53. The van der Waals surface area contributed by atoms with Crippen LogP contribution in [0.5, 0.6) is 0 Å². The third-order valence-corrected chi connectivity index (χ3v) is 2.96. The Morgan fingerprint density at radius 3 is 2.84 bits per heavy atom. The molecule has 6 nitrogen and oxygen atoms in total. The van der Waals surface area contributed by atoms with Crippen molar-refractivity contribution < 1.29 is 9.53 Å². The highest BCUT2D eigenvalue weighted by Gasteiger charge is 2.16. The highest BCUT2D eigenvalue weighted by Crippen LogP contribution is 2.18. The third-order valence-electron chi connectivity index (χ3n) is 2.96. The summed E-state index contributed by atoms with van der Waals surface area (Å²) in [7, 11) is 0. The zero-order valence-corrected chi connectivity index (χ0v) is 11.7. The van der Waals surface area contributed by atoms with Crippen molar-refractivity contribution in [3.8, 4) is 6.07 Å². The van der Waals surface area contributed by atoms with Gasteiger partial charge < -0.3 is 4.74 Å². The third kappa shape index (κ3) is 6.89. The highest BCUT2D eigenvalue weighted by atomic mass is 16.5. The van der Waals surface area contributed by atoms with Gasteiger partial charge in [0.2, 0.25) is 0 Å². The number of morpholine rings is 1. The Balaban J connectivity index is 2.26. The lowest BCUT2D eigenvalue weighted by Gasteiger charge is -2.25. The molecule has 0 spiro atoms. The molecule has 0 radical (unpaired) electrons. The molecule has 1 heterocycles. The van der Waals surface area contributed by atoms with Gasteiger partial charge in [0, 0.05) is 31.1 Å². The number of hydrazone groups is 1. The molecular formula is C13H22N4O2. The molecule has 0 unspecified atom stereocenters. The van der Waals surface area contributed by atoms with Crippen molar-refractivity contribution in [2.24, 2.45) is 10.5 Å². The second kappa shape index (κ2) is 7.87. The van der Waals surface area contributed by atoms with Crippen molar-refractivity contribution in [2.75, 3.05) is 32.8 Å². The van der Waals surface area contributed by atoms with E-state index in [1.165, 1.54) is 0 Å². The van der Waals surface area contributed by atoms with E-state index in [4.69, 9.17) is 10.00 Å². The van der Waals surface area contributed by atoms with Crippen LogP contribution in [0, 0.1) is 16.7 Å². The fraction of sp³-hybridized carbons (Fsp3) is 0.769. The van der Waals surface area contributed by atoms with Gasteiger partial charge in [-0.05, 0) is 6.42 Å². The number of nitrogens with one attached hydrogen (secondary N) is 1. The van der Waals surface area contributed by atoms with Crippen molar-refractivity contribution in [1.29, 1.82) is 5.26 Å². The van der Waals surface area contributed by atoms with Crippen LogP contribution < -0.4 is 5.43 Å². The first-order chi connectivity index (χ1) is 9.03. The molecule has 106 valence electrons. The molecule has 0 saturated carbocycles. The van der Waals surface area contributed by atoms with E-state index in [2.05, 4.69) is 16.6 Å². The van der Waals surface area contributed by atoms with Gasteiger partial charge >= 0.3 is 0 Å². The fourth-order valence-corrected chi connectivity index (χ4v) is 1.72. The Hall–Kier alpha value is -1.45. The van der Waals surface area contributed by atoms with Gasteiger partial charge in [0.05, 0.1) is 25.8 Å². The summed E-state index contributed by atoms with van der Waals surface area (Å²) in [6, 6.07) is 2.11. The van der Waals surface area contributed by atoms with Crippen LogP contribution in [-0.2, 0) is 9.53 Å². The lowest BCUT2D eigenvalue weighted by Crippen LogP contribution is -2.42. The first kappa shape index (κ1) is 15.6. The van der Waals surface area contributed by atoms with E-state index in [0.717, 1.165) is 19.5 Å². The number of hydrogen-bond donors (Lipinski definition) is 1. The monoisotopic (exact) mass is 266 g/mol. The number of amides is 1. The van der Waals surface area contributed by atoms with Gasteiger partial charge in [0.1, 0.15) is 0 Å². The maximum atomic E-state index is 11.7. The molecule has 0 aromatic rings. The number of rotatable bonds is 6. The van der Waals surface area contributed by atoms with Crippen molar-refractivity contribution in [3.63, 3.8) is 0 Å². The molecule has 0 aliphatic carbocycles. The topological polar surface area (TPSA) is 77.7 Å². The molecule has 6 heteroatoms. The molecule has 0 bridgehead atoms. The molecule has 0 aromatic carbocycles. The molecule has 19 heavy (non-hydrogen) atoms. The maximum absolute atomic E-state index is 11.7. The largest absolute Gasteiger partial charge is 0.379 e. The summed E-state index contributed by atoms with van der Waals surface area (Å²) >= 11 is 0. The normalized spacial score (nSPS) is 17.3. The van der Waals surface area contributed by atoms with E-state index in [1.54, 1.807) is 6.21 Å². The second-order valence-corrected chi connectivity index (χ2v) is 5.33. The first-order valence-corrected chi connectivity index (χ1v) is 6.53. The van der Waals surface area contributed by atoms with Gasteiger partial charge in [0.25, 0.3) is 5.91 Å². The maximum Gasteiger partial charge on any atom is 0.254 e. The minimum Gasteiger partial charge on any atom is -0.379 e. The summed E-state index contributed by atoms with van der Waals surface area (Å²) in [6.45, 7) is 7.24. The van der Waals surface area contributed by atoms with Crippen molar-refractivity contribution in [3.05, 3.63) is 0 Å². The lowest BCUT2D eigenvalue weighted by molar-refractivity contribution is -0.123. The Kier molecular flexibility index (Phi) is 6.46. The van der Waals surface area contributed by atoms with E-state index in [-0.39, 0.29) is 11.3 Å². The number of nitrogens with zero attached hydrogens (tertiary/aromatic N) is 3. The number of carbonyl (C=O) groups excluding carboxylic acids is 1. The molecule has 1 aliphatic heterocycles. The molecule has 1 aliphatic rings. The van der Waals surface area contributed by atoms with Crippen LogP contribution in [0.15, 0.2) is 5.10 Å². The average Bonchev–Trinajstić information content (AvgIpc) is 2.37. The van der Waals surface area contributed by atoms with E-state index >= 15 is 0 Å². The molecule has 1 amide bonds. The number of hydrogen-bond acceptors (Lipinski definition) is 5. The summed E-state index contributed by atoms with van der Waals surface area (Å²) < 4.78 is 5.22. The van der Waals surface area contributed by atoms with Crippen LogP contribution in [0.3, 0.4) is 0 Å². The SMILES string of the molecule is CC(C)(/C=N\NC(=O)CN1CCOCC1)CCC#N. The minimum absolute atomic E-state index is 0.116. The van der Waals surface area contributed by atoms with Gasteiger partial charge in [-0.1, -0.05) is 13.8 Å². The Morgan fingerprint density at radius 2 is 2.21 bits per heavy atom. The van der Waals surface area contributed by atoms with Crippen molar-refractivity contribution >= 4 is 12.1 Å². The van der Waals surface area contributed by atoms with Crippen molar-refractivity contribution in [2.45, 2.75) is 26.7 Å². The fourth-order valence-electron chi connectivity index (χ4n) is 1.72. The van der Waals surface area contributed by atoms with Gasteiger partial charge in [-0.25, -0.2) is 5.43 Å². The van der Waals surface area contributed by atoms with Crippen LogP contribution in [0.25, 0.3) is 0 Å². The standard InChI is InChI=1S/C13H22N4O2/c1-13(2,4-3-5-14)11-15-16-12(18)10-17-6-8-19-9-7-17/h11H,3-4,6-10H2,1-2H3,(H,16,18)/b15-11-. The number of carbonyl (C=O) groups is 1. The highest BCUT2D eigenvalue weighted by molar-refractivity contribution is 5.79. The molecule has 1 fully saturated rings. The smallest absolute Gasteiger partial charge is 0.254 e. The average molecular weight is 266 g/mol. The summed E-state index contributed by atoms with van der Waals surface area (Å²) in [5, 5.41) is 12.5. The number of nitriles is 1. The van der Waals surface area contributed by atoms with Crippen LogP contribution in [0.1, 0.15) is 26.7 Å². The zero-order valence-electron chi connectivity index (χ0n) is 11.7. The van der Waals surface area contributed by atoms with Gasteiger partial charge in [0.15, 0.2) is 0 Å². The molecule has 1 saturated heterocycles. The van der Waals surface area contributed by atoms with E-state index in [0.29, 0.717) is 26.2 Å². The minimum atomic E-state index is -0.179. The predicted octanol–water partition coefficient (Wildman–Crippen LogP) is 0.751. The summed E-state index contributed by atoms with van der Waals surface area (Å²) in [5.74, 6) is -0.116. The molecule has 0 atom stereocenters. The van der Waals surface area contributed by atoms with Gasteiger partial charge in [-0.15, -0.1) is 0 Å². The molecule has 0 aromatic heterocycles. The van der Waals surface area contributed by atoms with E-state index < -0.39 is 0 Å². The van der Waals surface area contributed by atoms with Gasteiger partial charge in [-0.3, -0.25) is 9.69 Å². The van der Waals surface area contributed by atoms with Crippen LogP contribution in [0.4, 0.5) is 0 Å². The Labute approximate surface area is 114 Å². The number of ether oxygens (including phenoxy) is 1. The Bertz CT molecular complexity index is 354. The van der Waals surface area contributed by atoms with Crippen LogP contribution in [0.2, 0.25) is 0 Å².